The van der Waals surface area contributed by atoms with E-state index in [-0.39, 0.29) is 5.91 Å². The molecule has 2 N–H and O–H groups in total. The monoisotopic (exact) mass is 280 g/mol. The van der Waals surface area contributed by atoms with Crippen LogP contribution in [0.1, 0.15) is 37.4 Å². The maximum atomic E-state index is 11.2. The second kappa shape index (κ2) is 5.50. The third-order valence-electron chi connectivity index (χ3n) is 3.80. The lowest BCUT2D eigenvalue weighted by Gasteiger charge is -2.14. The number of rotatable bonds is 4. The lowest BCUT2D eigenvalue weighted by Crippen LogP contribution is -2.15. The van der Waals surface area contributed by atoms with Gasteiger partial charge in [-0.2, -0.15) is 0 Å². The molecule has 0 fully saturated rings. The van der Waals surface area contributed by atoms with Gasteiger partial charge in [0.1, 0.15) is 6.29 Å². The number of primary amides is 1. The summed E-state index contributed by atoms with van der Waals surface area (Å²) in [7, 11) is 0. The van der Waals surface area contributed by atoms with E-state index < -0.39 is 0 Å². The summed E-state index contributed by atoms with van der Waals surface area (Å²) in [6, 6.07) is 13.2. The first-order valence-corrected chi connectivity index (χ1v) is 6.84. The normalized spacial score (nSPS) is 13.9. The van der Waals surface area contributed by atoms with Crippen LogP contribution in [0.4, 0.5) is 0 Å². The summed E-state index contributed by atoms with van der Waals surface area (Å²) in [5.41, 5.74) is 10.1. The van der Waals surface area contributed by atoms with Gasteiger partial charge in [-0.25, -0.2) is 0 Å². The SMILES string of the molecule is NC(=O)c1ccc2c(c1)CN(Cc1ccc(C=O)cc1)C2. The van der Waals surface area contributed by atoms with E-state index in [0.29, 0.717) is 11.1 Å². The third kappa shape index (κ3) is 2.85. The van der Waals surface area contributed by atoms with Gasteiger partial charge in [0.25, 0.3) is 0 Å². The van der Waals surface area contributed by atoms with Crippen LogP contribution in [-0.4, -0.2) is 17.1 Å². The first-order chi connectivity index (χ1) is 10.2. The van der Waals surface area contributed by atoms with Crippen molar-refractivity contribution < 1.29 is 9.59 Å². The molecule has 0 spiro atoms. The van der Waals surface area contributed by atoms with Gasteiger partial charge in [-0.05, 0) is 28.8 Å². The molecule has 2 aromatic carbocycles. The van der Waals surface area contributed by atoms with Crippen molar-refractivity contribution in [2.24, 2.45) is 5.73 Å². The standard InChI is InChI=1S/C17H16N2O2/c18-17(21)14-5-6-15-9-19(10-16(15)7-14)8-12-1-3-13(11-20)4-2-12/h1-7,11H,8-10H2,(H2,18,21). The second-order valence-corrected chi connectivity index (χ2v) is 5.35. The molecule has 2 aromatic rings. The van der Waals surface area contributed by atoms with Crippen molar-refractivity contribution >= 4 is 12.2 Å². The van der Waals surface area contributed by atoms with Gasteiger partial charge in [-0.3, -0.25) is 14.5 Å². The second-order valence-electron chi connectivity index (χ2n) is 5.35. The summed E-state index contributed by atoms with van der Waals surface area (Å²) in [5, 5.41) is 0. The van der Waals surface area contributed by atoms with Crippen molar-refractivity contribution in [3.63, 3.8) is 0 Å². The van der Waals surface area contributed by atoms with Crippen LogP contribution < -0.4 is 5.73 Å². The minimum absolute atomic E-state index is 0.388. The summed E-state index contributed by atoms with van der Waals surface area (Å²) >= 11 is 0. The maximum absolute atomic E-state index is 11.2. The Morgan fingerprint density at radius 3 is 2.48 bits per heavy atom. The molecule has 0 saturated heterocycles. The molecule has 4 nitrogen and oxygen atoms in total. The van der Waals surface area contributed by atoms with Crippen LogP contribution in [-0.2, 0) is 19.6 Å². The Bertz CT molecular complexity index is 692. The zero-order chi connectivity index (χ0) is 14.8. The van der Waals surface area contributed by atoms with E-state index >= 15 is 0 Å². The molecule has 0 bridgehead atoms. The number of aldehydes is 1. The lowest BCUT2D eigenvalue weighted by molar-refractivity contribution is 0.0999. The minimum Gasteiger partial charge on any atom is -0.366 e. The van der Waals surface area contributed by atoms with Gasteiger partial charge in [-0.1, -0.05) is 30.3 Å². The molecule has 21 heavy (non-hydrogen) atoms. The van der Waals surface area contributed by atoms with Gasteiger partial charge in [0.15, 0.2) is 0 Å². The van der Waals surface area contributed by atoms with E-state index in [2.05, 4.69) is 4.90 Å². The zero-order valence-corrected chi connectivity index (χ0v) is 11.6. The van der Waals surface area contributed by atoms with Crippen LogP contribution in [0.5, 0.6) is 0 Å². The van der Waals surface area contributed by atoms with E-state index in [1.54, 1.807) is 6.07 Å². The Balaban J connectivity index is 1.72. The largest absolute Gasteiger partial charge is 0.366 e. The molecule has 1 aliphatic heterocycles. The summed E-state index contributed by atoms with van der Waals surface area (Å²) < 4.78 is 0. The number of benzene rings is 2. The molecule has 0 aliphatic carbocycles. The number of fused-ring (bicyclic) bond motifs is 1. The average Bonchev–Trinajstić information content (AvgIpc) is 2.89. The molecule has 0 atom stereocenters. The fourth-order valence-electron chi connectivity index (χ4n) is 2.69. The number of carbonyl (C=O) groups excluding carboxylic acids is 2. The van der Waals surface area contributed by atoms with Gasteiger partial charge >= 0.3 is 0 Å². The molecule has 1 amide bonds. The van der Waals surface area contributed by atoms with E-state index in [1.807, 2.05) is 36.4 Å². The highest BCUT2D eigenvalue weighted by atomic mass is 16.1. The molecule has 3 rings (SSSR count). The van der Waals surface area contributed by atoms with E-state index in [9.17, 15) is 9.59 Å². The van der Waals surface area contributed by atoms with Crippen molar-refractivity contribution in [1.29, 1.82) is 0 Å². The van der Waals surface area contributed by atoms with Crippen molar-refractivity contribution in [2.45, 2.75) is 19.6 Å². The predicted octanol–water partition coefficient (Wildman–Crippen LogP) is 2.11. The Morgan fingerprint density at radius 2 is 1.81 bits per heavy atom. The molecule has 0 saturated carbocycles. The van der Waals surface area contributed by atoms with Gasteiger partial charge < -0.3 is 5.73 Å². The maximum Gasteiger partial charge on any atom is 0.248 e. The van der Waals surface area contributed by atoms with Crippen LogP contribution in [0, 0.1) is 0 Å². The van der Waals surface area contributed by atoms with Crippen molar-refractivity contribution in [3.05, 3.63) is 70.3 Å². The summed E-state index contributed by atoms with van der Waals surface area (Å²) in [5.74, 6) is -0.388. The fraction of sp³-hybridized carbons (Fsp3) is 0.176. The van der Waals surface area contributed by atoms with Gasteiger partial charge in [0, 0.05) is 30.8 Å². The number of amides is 1. The highest BCUT2D eigenvalue weighted by Crippen LogP contribution is 2.25. The highest BCUT2D eigenvalue weighted by Gasteiger charge is 2.19. The first-order valence-electron chi connectivity index (χ1n) is 6.84. The predicted molar refractivity (Wildman–Crippen MR) is 79.7 cm³/mol. The molecule has 0 radical (unpaired) electrons. The molecule has 4 heteroatoms. The fourth-order valence-corrected chi connectivity index (χ4v) is 2.69. The number of hydrogen-bond donors (Lipinski definition) is 1. The molecular weight excluding hydrogens is 264 g/mol. The van der Waals surface area contributed by atoms with E-state index in [0.717, 1.165) is 31.5 Å². The number of nitrogens with two attached hydrogens (primary N) is 1. The van der Waals surface area contributed by atoms with Crippen LogP contribution in [0.25, 0.3) is 0 Å². The molecule has 0 unspecified atom stereocenters. The van der Waals surface area contributed by atoms with Crippen LogP contribution >= 0.6 is 0 Å². The molecule has 1 heterocycles. The van der Waals surface area contributed by atoms with Gasteiger partial charge in [-0.15, -0.1) is 0 Å². The molecular formula is C17H16N2O2. The third-order valence-corrected chi connectivity index (χ3v) is 3.80. The Kier molecular flexibility index (Phi) is 3.54. The van der Waals surface area contributed by atoms with Crippen LogP contribution in [0.2, 0.25) is 0 Å². The first kappa shape index (κ1) is 13.5. The smallest absolute Gasteiger partial charge is 0.248 e. The summed E-state index contributed by atoms with van der Waals surface area (Å²) in [4.78, 5) is 24.2. The average molecular weight is 280 g/mol. The lowest BCUT2D eigenvalue weighted by atomic mass is 10.1. The zero-order valence-electron chi connectivity index (χ0n) is 11.6. The highest BCUT2D eigenvalue weighted by molar-refractivity contribution is 5.93. The number of nitrogens with zero attached hydrogens (tertiary/aromatic N) is 1. The minimum atomic E-state index is -0.388. The van der Waals surface area contributed by atoms with Crippen molar-refractivity contribution in [1.82, 2.24) is 4.90 Å². The number of hydrogen-bond acceptors (Lipinski definition) is 3. The van der Waals surface area contributed by atoms with Gasteiger partial charge in [0.05, 0.1) is 0 Å². The quantitative estimate of drug-likeness (QED) is 0.872. The van der Waals surface area contributed by atoms with Crippen LogP contribution in [0.15, 0.2) is 42.5 Å². The summed E-state index contributed by atoms with van der Waals surface area (Å²) in [6.45, 7) is 2.50. The Hall–Kier alpha value is -2.46. The number of carbonyl (C=O) groups is 2. The van der Waals surface area contributed by atoms with Crippen LogP contribution in [0.3, 0.4) is 0 Å². The van der Waals surface area contributed by atoms with Crippen molar-refractivity contribution in [2.75, 3.05) is 0 Å². The Morgan fingerprint density at radius 1 is 1.10 bits per heavy atom. The van der Waals surface area contributed by atoms with E-state index in [1.165, 1.54) is 11.1 Å². The Labute approximate surface area is 123 Å². The van der Waals surface area contributed by atoms with Gasteiger partial charge in [0.2, 0.25) is 5.91 Å². The summed E-state index contributed by atoms with van der Waals surface area (Å²) in [6.07, 6.45) is 0.848. The molecule has 106 valence electrons. The molecule has 1 aliphatic rings. The van der Waals surface area contributed by atoms with E-state index in [4.69, 9.17) is 5.73 Å². The topological polar surface area (TPSA) is 63.4 Å². The molecule has 0 aromatic heterocycles. The van der Waals surface area contributed by atoms with Crippen molar-refractivity contribution in [3.8, 4) is 0 Å².